The third-order valence-electron chi connectivity index (χ3n) is 6.19. The minimum absolute atomic E-state index is 0.112. The van der Waals surface area contributed by atoms with Crippen molar-refractivity contribution in [2.75, 3.05) is 55.8 Å². The van der Waals surface area contributed by atoms with Crippen LogP contribution >= 0.6 is 11.8 Å². The van der Waals surface area contributed by atoms with Crippen molar-refractivity contribution in [1.29, 1.82) is 5.26 Å². The molecule has 0 spiro atoms. The van der Waals surface area contributed by atoms with E-state index in [1.165, 1.54) is 0 Å². The molecule has 1 aromatic heterocycles. The first-order chi connectivity index (χ1) is 15.2. The van der Waals surface area contributed by atoms with Crippen LogP contribution in [0.5, 0.6) is 0 Å². The standard InChI is InChI=1S/C23H30N6OS/c24-15-18-16-26-22(20-6-2-1-5-19(18)20)28-11-9-27(10-12-28)8-4-3-7-21(25)23(30)29-13-14-31-17-29/h1-2,5-6,16,21H,3-4,7-14,17,25H2/t21-/m0/s1. The van der Waals surface area contributed by atoms with E-state index >= 15 is 0 Å². The maximum Gasteiger partial charge on any atom is 0.240 e. The number of fused-ring (bicyclic) bond motifs is 1. The van der Waals surface area contributed by atoms with Gasteiger partial charge in [-0.1, -0.05) is 30.7 Å². The summed E-state index contributed by atoms with van der Waals surface area (Å²) >= 11 is 1.80. The number of aromatic nitrogens is 1. The number of anilines is 1. The third kappa shape index (κ3) is 5.12. The van der Waals surface area contributed by atoms with E-state index in [2.05, 4.69) is 26.9 Å². The van der Waals surface area contributed by atoms with Gasteiger partial charge in [-0.25, -0.2) is 4.98 Å². The zero-order valence-electron chi connectivity index (χ0n) is 17.9. The minimum Gasteiger partial charge on any atom is -0.354 e. The Hall–Kier alpha value is -2.34. The first-order valence-corrected chi connectivity index (χ1v) is 12.2. The average molecular weight is 439 g/mol. The van der Waals surface area contributed by atoms with Gasteiger partial charge in [0.25, 0.3) is 0 Å². The van der Waals surface area contributed by atoms with Gasteiger partial charge in [0.05, 0.1) is 17.5 Å². The van der Waals surface area contributed by atoms with Crippen molar-refractivity contribution in [3.8, 4) is 6.07 Å². The summed E-state index contributed by atoms with van der Waals surface area (Å²) in [6, 6.07) is 9.90. The van der Waals surface area contributed by atoms with Crippen LogP contribution < -0.4 is 10.6 Å². The topological polar surface area (TPSA) is 89.5 Å². The lowest BCUT2D eigenvalue weighted by Crippen LogP contribution is -2.47. The molecule has 2 saturated heterocycles. The number of hydrogen-bond acceptors (Lipinski definition) is 7. The van der Waals surface area contributed by atoms with Crippen LogP contribution in [0.1, 0.15) is 24.8 Å². The molecule has 2 aliphatic rings. The van der Waals surface area contributed by atoms with E-state index in [0.29, 0.717) is 5.56 Å². The van der Waals surface area contributed by atoms with Crippen molar-refractivity contribution >= 4 is 34.3 Å². The second-order valence-electron chi connectivity index (χ2n) is 8.22. The number of pyridine rings is 1. The summed E-state index contributed by atoms with van der Waals surface area (Å²) in [4.78, 5) is 23.6. The Labute approximate surface area is 188 Å². The first-order valence-electron chi connectivity index (χ1n) is 11.0. The summed E-state index contributed by atoms with van der Waals surface area (Å²) < 4.78 is 0. The van der Waals surface area contributed by atoms with Gasteiger partial charge in [-0.2, -0.15) is 5.26 Å². The van der Waals surface area contributed by atoms with Gasteiger partial charge >= 0.3 is 0 Å². The molecule has 1 atom stereocenters. The summed E-state index contributed by atoms with van der Waals surface area (Å²) in [5.74, 6) is 2.90. The lowest BCUT2D eigenvalue weighted by atomic mass is 10.1. The van der Waals surface area contributed by atoms with E-state index in [9.17, 15) is 10.1 Å². The normalized spacial score (nSPS) is 18.3. The van der Waals surface area contributed by atoms with E-state index in [0.717, 1.165) is 86.8 Å². The number of nitriles is 1. The highest BCUT2D eigenvalue weighted by Crippen LogP contribution is 2.27. The number of unbranched alkanes of at least 4 members (excludes halogenated alkanes) is 1. The van der Waals surface area contributed by atoms with Crippen molar-refractivity contribution in [2.45, 2.75) is 25.3 Å². The molecule has 2 aromatic rings. The van der Waals surface area contributed by atoms with Gasteiger partial charge in [-0.15, -0.1) is 11.8 Å². The number of thioether (sulfide) groups is 1. The zero-order chi connectivity index (χ0) is 21.6. The Balaban J connectivity index is 1.23. The van der Waals surface area contributed by atoms with Crippen molar-refractivity contribution in [3.05, 3.63) is 36.0 Å². The molecule has 3 heterocycles. The van der Waals surface area contributed by atoms with Gasteiger partial charge in [0, 0.05) is 55.4 Å². The Kier molecular flexibility index (Phi) is 7.28. The number of benzene rings is 1. The van der Waals surface area contributed by atoms with Crippen LogP contribution in [0.15, 0.2) is 30.5 Å². The molecule has 4 rings (SSSR count). The molecule has 1 amide bonds. The van der Waals surface area contributed by atoms with E-state index in [1.54, 1.807) is 18.0 Å². The molecule has 0 bridgehead atoms. The van der Waals surface area contributed by atoms with Gasteiger partial charge in [-0.3, -0.25) is 9.69 Å². The molecule has 7 nitrogen and oxygen atoms in total. The Bertz CT molecular complexity index is 947. The van der Waals surface area contributed by atoms with Crippen LogP contribution in [0.25, 0.3) is 10.8 Å². The van der Waals surface area contributed by atoms with Crippen LogP contribution in [0, 0.1) is 11.3 Å². The van der Waals surface area contributed by atoms with E-state index in [1.807, 2.05) is 23.1 Å². The molecule has 0 saturated carbocycles. The van der Waals surface area contributed by atoms with Crippen molar-refractivity contribution < 1.29 is 4.79 Å². The molecule has 0 unspecified atom stereocenters. The fourth-order valence-electron chi connectivity index (χ4n) is 4.35. The summed E-state index contributed by atoms with van der Waals surface area (Å²) in [5.41, 5.74) is 6.74. The maximum absolute atomic E-state index is 12.3. The molecular weight excluding hydrogens is 408 g/mol. The van der Waals surface area contributed by atoms with E-state index in [4.69, 9.17) is 5.73 Å². The Morgan fingerprint density at radius 3 is 2.65 bits per heavy atom. The average Bonchev–Trinajstić information content (AvgIpc) is 3.36. The van der Waals surface area contributed by atoms with Gasteiger partial charge in [-0.05, 0) is 19.4 Å². The number of carbonyl (C=O) groups excluding carboxylic acids is 1. The van der Waals surface area contributed by atoms with Crippen LogP contribution in [0.2, 0.25) is 0 Å². The van der Waals surface area contributed by atoms with E-state index in [-0.39, 0.29) is 11.9 Å². The molecule has 1 aromatic carbocycles. The number of nitrogens with zero attached hydrogens (tertiary/aromatic N) is 5. The molecule has 2 aliphatic heterocycles. The molecular formula is C23H30N6OS. The number of hydrogen-bond donors (Lipinski definition) is 1. The molecule has 0 aliphatic carbocycles. The Morgan fingerprint density at radius 2 is 1.94 bits per heavy atom. The molecule has 31 heavy (non-hydrogen) atoms. The number of nitrogens with two attached hydrogens (primary N) is 1. The monoisotopic (exact) mass is 438 g/mol. The molecule has 8 heteroatoms. The van der Waals surface area contributed by atoms with Crippen LogP contribution in [0.4, 0.5) is 5.82 Å². The summed E-state index contributed by atoms with van der Waals surface area (Å²) in [6.45, 7) is 5.71. The minimum atomic E-state index is -0.355. The molecule has 0 radical (unpaired) electrons. The number of carbonyl (C=O) groups is 1. The van der Waals surface area contributed by atoms with Gasteiger partial charge in [0.15, 0.2) is 0 Å². The highest BCUT2D eigenvalue weighted by molar-refractivity contribution is 7.99. The molecule has 164 valence electrons. The quantitative estimate of drug-likeness (QED) is 0.663. The number of piperazine rings is 1. The first kappa shape index (κ1) is 21.9. The zero-order valence-corrected chi connectivity index (χ0v) is 18.7. The van der Waals surface area contributed by atoms with Crippen molar-refractivity contribution in [1.82, 2.24) is 14.8 Å². The second kappa shape index (κ2) is 10.3. The summed E-state index contributed by atoms with van der Waals surface area (Å²) in [7, 11) is 0. The lowest BCUT2D eigenvalue weighted by Gasteiger charge is -2.36. The summed E-state index contributed by atoms with van der Waals surface area (Å²) in [5, 5.41) is 11.4. The fourth-order valence-corrected chi connectivity index (χ4v) is 5.30. The maximum atomic E-state index is 12.3. The van der Waals surface area contributed by atoms with Crippen LogP contribution in [0.3, 0.4) is 0 Å². The summed E-state index contributed by atoms with van der Waals surface area (Å²) in [6.07, 6.45) is 4.50. The predicted octanol–water partition coefficient (Wildman–Crippen LogP) is 2.26. The third-order valence-corrected chi connectivity index (χ3v) is 7.15. The smallest absolute Gasteiger partial charge is 0.240 e. The predicted molar refractivity (Wildman–Crippen MR) is 126 cm³/mol. The fraction of sp³-hybridized carbons (Fsp3) is 0.522. The number of rotatable bonds is 7. The van der Waals surface area contributed by atoms with Crippen LogP contribution in [-0.4, -0.2) is 77.6 Å². The highest BCUT2D eigenvalue weighted by Gasteiger charge is 2.24. The lowest BCUT2D eigenvalue weighted by molar-refractivity contribution is -0.131. The molecule has 2 fully saturated rings. The van der Waals surface area contributed by atoms with Gasteiger partial charge < -0.3 is 15.5 Å². The second-order valence-corrected chi connectivity index (χ2v) is 9.30. The van der Waals surface area contributed by atoms with Gasteiger partial charge in [0.1, 0.15) is 11.9 Å². The largest absolute Gasteiger partial charge is 0.354 e. The van der Waals surface area contributed by atoms with Crippen molar-refractivity contribution in [2.24, 2.45) is 5.73 Å². The van der Waals surface area contributed by atoms with Crippen LogP contribution in [-0.2, 0) is 4.79 Å². The highest BCUT2D eigenvalue weighted by atomic mass is 32.2. The van der Waals surface area contributed by atoms with Crippen molar-refractivity contribution in [3.63, 3.8) is 0 Å². The van der Waals surface area contributed by atoms with Gasteiger partial charge in [0.2, 0.25) is 5.91 Å². The molecule has 2 N–H and O–H groups in total. The van der Waals surface area contributed by atoms with E-state index < -0.39 is 0 Å². The number of amides is 1. The SMILES string of the molecule is N#Cc1cnc(N2CCN(CCCC[C@H](N)C(=O)N3CCSC3)CC2)c2ccccc12. The Morgan fingerprint density at radius 1 is 1.16 bits per heavy atom.